The predicted octanol–water partition coefficient (Wildman–Crippen LogP) is 1.99. The van der Waals surface area contributed by atoms with Gasteiger partial charge in [0, 0.05) is 24.4 Å². The molecule has 2 aromatic heterocycles. The van der Waals surface area contributed by atoms with E-state index in [1.807, 2.05) is 36.5 Å². The first-order valence-corrected chi connectivity index (χ1v) is 6.99. The van der Waals surface area contributed by atoms with E-state index >= 15 is 0 Å². The van der Waals surface area contributed by atoms with E-state index in [0.717, 1.165) is 16.9 Å². The van der Waals surface area contributed by atoms with Gasteiger partial charge in [-0.2, -0.15) is 0 Å². The Morgan fingerprint density at radius 2 is 1.96 bits per heavy atom. The molecule has 2 heterocycles. The molecular formula is C16H16N4O3. The smallest absolute Gasteiger partial charge is 0.250 e. The van der Waals surface area contributed by atoms with Crippen LogP contribution in [0.1, 0.15) is 0 Å². The maximum absolute atomic E-state index is 11.5. The molecule has 0 aliphatic heterocycles. The second-order valence-corrected chi connectivity index (χ2v) is 4.86. The Morgan fingerprint density at radius 1 is 1.17 bits per heavy atom. The number of imidazole rings is 1. The first-order chi connectivity index (χ1) is 11.2. The van der Waals surface area contributed by atoms with E-state index in [9.17, 15) is 4.79 Å². The third kappa shape index (κ3) is 3.29. The Morgan fingerprint density at radius 3 is 2.65 bits per heavy atom. The minimum absolute atomic E-state index is 0.0295. The van der Waals surface area contributed by atoms with Gasteiger partial charge in [-0.3, -0.25) is 4.79 Å². The fourth-order valence-corrected chi connectivity index (χ4v) is 2.16. The van der Waals surface area contributed by atoms with Crippen molar-refractivity contribution in [3.05, 3.63) is 42.6 Å². The molecule has 118 valence electrons. The van der Waals surface area contributed by atoms with E-state index in [1.165, 1.54) is 7.11 Å². The van der Waals surface area contributed by atoms with Crippen LogP contribution in [0.2, 0.25) is 0 Å². The summed E-state index contributed by atoms with van der Waals surface area (Å²) in [5.74, 6) is 0.335. The highest BCUT2D eigenvalue weighted by molar-refractivity contribution is 5.91. The van der Waals surface area contributed by atoms with Crippen molar-refractivity contribution < 1.29 is 14.3 Å². The number of nitrogens with one attached hydrogen (secondary N) is 1. The van der Waals surface area contributed by atoms with Gasteiger partial charge in [0.25, 0.3) is 0 Å². The third-order valence-electron chi connectivity index (χ3n) is 3.24. The molecule has 7 heteroatoms. The van der Waals surface area contributed by atoms with Gasteiger partial charge in [0.15, 0.2) is 5.65 Å². The molecule has 7 nitrogen and oxygen atoms in total. The Labute approximate surface area is 132 Å². The summed E-state index contributed by atoms with van der Waals surface area (Å²) in [6, 6.07) is 11.0. The van der Waals surface area contributed by atoms with Gasteiger partial charge in [-0.25, -0.2) is 9.50 Å². The predicted molar refractivity (Wildman–Crippen MR) is 85.5 cm³/mol. The zero-order valence-corrected chi connectivity index (χ0v) is 12.8. The van der Waals surface area contributed by atoms with E-state index in [-0.39, 0.29) is 12.5 Å². The van der Waals surface area contributed by atoms with E-state index in [2.05, 4.69) is 15.4 Å². The SMILES string of the molecule is COCC(=O)Nc1ccc(-c2cn3nc(OC)ccc3n2)cc1. The van der Waals surface area contributed by atoms with Crippen molar-refractivity contribution in [2.45, 2.75) is 0 Å². The number of amides is 1. The minimum atomic E-state index is -0.190. The molecule has 1 aromatic carbocycles. The fraction of sp³-hybridized carbons (Fsp3) is 0.188. The van der Waals surface area contributed by atoms with E-state index < -0.39 is 0 Å². The molecule has 1 amide bonds. The van der Waals surface area contributed by atoms with Gasteiger partial charge in [0.1, 0.15) is 6.61 Å². The zero-order valence-electron chi connectivity index (χ0n) is 12.8. The molecule has 3 aromatic rings. The molecule has 0 unspecified atom stereocenters. The highest BCUT2D eigenvalue weighted by atomic mass is 16.5. The molecule has 3 rings (SSSR count). The lowest BCUT2D eigenvalue weighted by molar-refractivity contribution is -0.119. The van der Waals surface area contributed by atoms with Crippen LogP contribution in [0.5, 0.6) is 5.88 Å². The Bertz CT molecular complexity index is 827. The number of ether oxygens (including phenoxy) is 2. The Hall–Kier alpha value is -2.93. The minimum Gasteiger partial charge on any atom is -0.480 e. The van der Waals surface area contributed by atoms with E-state index in [1.54, 1.807) is 17.7 Å². The monoisotopic (exact) mass is 312 g/mol. The lowest BCUT2D eigenvalue weighted by Gasteiger charge is -2.04. The summed E-state index contributed by atoms with van der Waals surface area (Å²) < 4.78 is 11.5. The quantitative estimate of drug-likeness (QED) is 0.779. The van der Waals surface area contributed by atoms with Crippen LogP contribution in [0.3, 0.4) is 0 Å². The number of carbonyl (C=O) groups excluding carboxylic acids is 1. The lowest BCUT2D eigenvalue weighted by atomic mass is 10.1. The highest BCUT2D eigenvalue weighted by Crippen LogP contribution is 2.21. The largest absolute Gasteiger partial charge is 0.480 e. The van der Waals surface area contributed by atoms with Crippen LogP contribution in [0.25, 0.3) is 16.9 Å². The van der Waals surface area contributed by atoms with E-state index in [4.69, 9.17) is 9.47 Å². The van der Waals surface area contributed by atoms with Crippen LogP contribution in [0.4, 0.5) is 5.69 Å². The van der Waals surface area contributed by atoms with Crippen molar-refractivity contribution >= 4 is 17.2 Å². The summed E-state index contributed by atoms with van der Waals surface area (Å²) in [6.45, 7) is 0.0295. The first-order valence-electron chi connectivity index (χ1n) is 6.99. The number of rotatable bonds is 5. The molecule has 0 aliphatic rings. The van der Waals surface area contributed by atoms with Crippen LogP contribution in [0, 0.1) is 0 Å². The van der Waals surface area contributed by atoms with Gasteiger partial charge in [-0.15, -0.1) is 5.10 Å². The number of hydrogen-bond acceptors (Lipinski definition) is 5. The summed E-state index contributed by atoms with van der Waals surface area (Å²) >= 11 is 0. The summed E-state index contributed by atoms with van der Waals surface area (Å²) in [6.07, 6.45) is 1.83. The van der Waals surface area contributed by atoms with Crippen LogP contribution in [0.15, 0.2) is 42.6 Å². The van der Waals surface area contributed by atoms with Crippen molar-refractivity contribution in [3.8, 4) is 17.1 Å². The number of aromatic nitrogens is 3. The maximum Gasteiger partial charge on any atom is 0.250 e. The van der Waals surface area contributed by atoms with Crippen molar-refractivity contribution in [2.75, 3.05) is 26.1 Å². The molecule has 0 fully saturated rings. The number of nitrogens with zero attached hydrogens (tertiary/aromatic N) is 3. The molecule has 0 atom stereocenters. The Balaban J connectivity index is 1.82. The number of hydrogen-bond donors (Lipinski definition) is 1. The van der Waals surface area contributed by atoms with Gasteiger partial charge in [-0.05, 0) is 18.2 Å². The summed E-state index contributed by atoms with van der Waals surface area (Å²) in [5, 5.41) is 7.02. The van der Waals surface area contributed by atoms with Gasteiger partial charge in [-0.1, -0.05) is 12.1 Å². The molecule has 1 N–H and O–H groups in total. The van der Waals surface area contributed by atoms with Crippen molar-refractivity contribution in [1.82, 2.24) is 14.6 Å². The highest BCUT2D eigenvalue weighted by Gasteiger charge is 2.07. The number of fused-ring (bicyclic) bond motifs is 1. The molecule has 0 spiro atoms. The molecule has 0 aliphatic carbocycles. The summed E-state index contributed by atoms with van der Waals surface area (Å²) in [7, 11) is 3.05. The zero-order chi connectivity index (χ0) is 16.2. The summed E-state index contributed by atoms with van der Waals surface area (Å²) in [4.78, 5) is 16.0. The molecular weight excluding hydrogens is 296 g/mol. The van der Waals surface area contributed by atoms with Crippen LogP contribution in [-0.4, -0.2) is 41.3 Å². The molecule has 0 saturated heterocycles. The normalized spacial score (nSPS) is 10.7. The lowest BCUT2D eigenvalue weighted by Crippen LogP contribution is -2.16. The number of benzene rings is 1. The second kappa shape index (κ2) is 6.45. The van der Waals surface area contributed by atoms with Crippen LogP contribution < -0.4 is 10.1 Å². The number of carbonyl (C=O) groups is 1. The van der Waals surface area contributed by atoms with Gasteiger partial charge < -0.3 is 14.8 Å². The maximum atomic E-state index is 11.5. The van der Waals surface area contributed by atoms with Crippen molar-refractivity contribution in [1.29, 1.82) is 0 Å². The van der Waals surface area contributed by atoms with Crippen molar-refractivity contribution in [2.24, 2.45) is 0 Å². The standard InChI is InChI=1S/C16H16N4O3/c1-22-10-15(21)17-12-5-3-11(4-6-12)13-9-20-14(18-13)7-8-16(19-20)23-2/h3-9H,10H2,1-2H3,(H,17,21). The molecule has 0 saturated carbocycles. The number of methoxy groups -OCH3 is 2. The van der Waals surface area contributed by atoms with Crippen LogP contribution >= 0.6 is 0 Å². The van der Waals surface area contributed by atoms with Crippen LogP contribution in [-0.2, 0) is 9.53 Å². The first kappa shape index (κ1) is 15.0. The third-order valence-corrected chi connectivity index (χ3v) is 3.24. The topological polar surface area (TPSA) is 77.8 Å². The van der Waals surface area contributed by atoms with Gasteiger partial charge in [0.05, 0.1) is 19.0 Å². The fourth-order valence-electron chi connectivity index (χ4n) is 2.16. The second-order valence-electron chi connectivity index (χ2n) is 4.86. The van der Waals surface area contributed by atoms with E-state index in [0.29, 0.717) is 11.6 Å². The molecule has 0 radical (unpaired) electrons. The summed E-state index contributed by atoms with van der Waals surface area (Å²) in [5.41, 5.74) is 3.16. The average molecular weight is 312 g/mol. The Kier molecular flexibility index (Phi) is 4.20. The van der Waals surface area contributed by atoms with Gasteiger partial charge in [0.2, 0.25) is 11.8 Å². The number of anilines is 1. The average Bonchev–Trinajstić information content (AvgIpc) is 2.98. The van der Waals surface area contributed by atoms with Crippen molar-refractivity contribution in [3.63, 3.8) is 0 Å². The van der Waals surface area contributed by atoms with Gasteiger partial charge >= 0.3 is 0 Å². The molecule has 23 heavy (non-hydrogen) atoms. The molecule has 0 bridgehead atoms.